The van der Waals surface area contributed by atoms with Crippen molar-refractivity contribution in [1.29, 1.82) is 0 Å². The van der Waals surface area contributed by atoms with Gasteiger partial charge >= 0.3 is 6.09 Å². The van der Waals surface area contributed by atoms with Crippen LogP contribution in [-0.4, -0.2) is 86.6 Å². The largest absolute Gasteiger partial charge is 0.447 e. The molecule has 0 aromatic rings. The van der Waals surface area contributed by atoms with E-state index < -0.39 is 45.5 Å². The van der Waals surface area contributed by atoms with Gasteiger partial charge in [0.15, 0.2) is 9.84 Å². The maximum atomic E-state index is 12.8. The number of imide groups is 1. The molecule has 178 valence electrons. The molecule has 2 unspecified atom stereocenters. The number of ether oxygens (including phenoxy) is 2. The number of amides is 3. The second kappa shape index (κ2) is 11.8. The number of morpholine rings is 1. The number of hydrogen-bond donors (Lipinski definition) is 0. The third-order valence-electron chi connectivity index (χ3n) is 5.93. The van der Waals surface area contributed by atoms with E-state index in [2.05, 4.69) is 0 Å². The fraction of sp³-hybridized carbons (Fsp3) is 0.857. The number of carbonyl (C=O) groups excluding carboxylic acids is 3. The van der Waals surface area contributed by atoms with Gasteiger partial charge in [0.05, 0.1) is 25.7 Å². The van der Waals surface area contributed by atoms with Gasteiger partial charge in [0.1, 0.15) is 11.9 Å². The SMILES string of the molecule is C1CCCCC1.CC(C)C1COC(=O)N1C(=O)C(CC(=O)N1CCOCC1)S(C)(=O)=O. The number of sulfone groups is 1. The lowest BCUT2D eigenvalue weighted by atomic mass is 10.0. The Morgan fingerprint density at radius 2 is 1.55 bits per heavy atom. The third-order valence-corrected chi connectivity index (χ3v) is 7.33. The van der Waals surface area contributed by atoms with Crippen LogP contribution in [0, 0.1) is 5.92 Å². The molecule has 2 aliphatic heterocycles. The Kier molecular flexibility index (Phi) is 9.74. The van der Waals surface area contributed by atoms with Crippen LogP contribution in [0.1, 0.15) is 58.8 Å². The Morgan fingerprint density at radius 1 is 1.03 bits per heavy atom. The predicted octanol–water partition coefficient (Wildman–Crippen LogP) is 1.99. The van der Waals surface area contributed by atoms with Crippen molar-refractivity contribution in [3.05, 3.63) is 0 Å². The van der Waals surface area contributed by atoms with Crippen molar-refractivity contribution < 1.29 is 32.3 Å². The highest BCUT2D eigenvalue weighted by Gasteiger charge is 2.45. The quantitative estimate of drug-likeness (QED) is 0.617. The molecule has 3 amide bonds. The van der Waals surface area contributed by atoms with Crippen LogP contribution in [-0.2, 0) is 28.9 Å². The Balaban J connectivity index is 0.000000488. The molecular formula is C21H36N2O7S. The van der Waals surface area contributed by atoms with Crippen LogP contribution < -0.4 is 0 Å². The van der Waals surface area contributed by atoms with Crippen molar-refractivity contribution in [3.63, 3.8) is 0 Å². The fourth-order valence-electron chi connectivity index (χ4n) is 3.92. The topological polar surface area (TPSA) is 110 Å². The first-order valence-electron chi connectivity index (χ1n) is 11.2. The predicted molar refractivity (Wildman–Crippen MR) is 115 cm³/mol. The molecular weight excluding hydrogens is 424 g/mol. The molecule has 2 atom stereocenters. The van der Waals surface area contributed by atoms with Crippen LogP contribution in [0.25, 0.3) is 0 Å². The van der Waals surface area contributed by atoms with Gasteiger partial charge in [-0.2, -0.15) is 0 Å². The molecule has 0 spiro atoms. The minimum absolute atomic E-state index is 0.0239. The van der Waals surface area contributed by atoms with Gasteiger partial charge in [0.2, 0.25) is 5.91 Å². The van der Waals surface area contributed by atoms with Gasteiger partial charge in [0, 0.05) is 19.3 Å². The van der Waals surface area contributed by atoms with E-state index in [1.807, 2.05) is 0 Å². The second-order valence-electron chi connectivity index (χ2n) is 8.73. The van der Waals surface area contributed by atoms with Gasteiger partial charge in [-0.3, -0.25) is 9.59 Å². The van der Waals surface area contributed by atoms with Crippen molar-refractivity contribution in [2.45, 2.75) is 70.1 Å². The number of rotatable bonds is 5. The summed E-state index contributed by atoms with van der Waals surface area (Å²) in [5, 5.41) is -1.60. The summed E-state index contributed by atoms with van der Waals surface area (Å²) in [5.41, 5.74) is 0. The molecule has 3 aliphatic rings. The Bertz CT molecular complexity index is 717. The summed E-state index contributed by atoms with van der Waals surface area (Å²) in [6, 6.07) is -0.539. The van der Waals surface area contributed by atoms with Crippen LogP contribution in [0.5, 0.6) is 0 Å². The molecule has 0 N–H and O–H groups in total. The monoisotopic (exact) mass is 460 g/mol. The Morgan fingerprint density at radius 3 is 2.00 bits per heavy atom. The van der Waals surface area contributed by atoms with E-state index >= 15 is 0 Å². The Labute approximate surface area is 185 Å². The van der Waals surface area contributed by atoms with E-state index in [4.69, 9.17) is 9.47 Å². The van der Waals surface area contributed by atoms with Crippen LogP contribution >= 0.6 is 0 Å². The number of nitrogens with zero attached hydrogens (tertiary/aromatic N) is 2. The zero-order valence-electron chi connectivity index (χ0n) is 18.9. The second-order valence-corrected chi connectivity index (χ2v) is 11.0. The lowest BCUT2D eigenvalue weighted by Gasteiger charge is -2.29. The van der Waals surface area contributed by atoms with Crippen molar-refractivity contribution in [2.24, 2.45) is 5.92 Å². The molecule has 31 heavy (non-hydrogen) atoms. The highest BCUT2D eigenvalue weighted by Crippen LogP contribution is 2.23. The van der Waals surface area contributed by atoms with Gasteiger partial charge in [-0.05, 0) is 5.92 Å². The molecule has 3 fully saturated rings. The molecule has 0 radical (unpaired) electrons. The van der Waals surface area contributed by atoms with Crippen molar-refractivity contribution in [1.82, 2.24) is 9.80 Å². The average molecular weight is 461 g/mol. The minimum Gasteiger partial charge on any atom is -0.447 e. The van der Waals surface area contributed by atoms with Gasteiger partial charge in [-0.15, -0.1) is 0 Å². The lowest BCUT2D eigenvalue weighted by molar-refractivity contribution is -0.138. The molecule has 2 heterocycles. The van der Waals surface area contributed by atoms with E-state index in [1.165, 1.54) is 43.4 Å². The summed E-state index contributed by atoms with van der Waals surface area (Å²) >= 11 is 0. The summed E-state index contributed by atoms with van der Waals surface area (Å²) in [6.07, 6.45) is 8.54. The van der Waals surface area contributed by atoms with Gasteiger partial charge in [-0.25, -0.2) is 18.1 Å². The van der Waals surface area contributed by atoms with Crippen LogP contribution in [0.3, 0.4) is 0 Å². The van der Waals surface area contributed by atoms with Gasteiger partial charge < -0.3 is 14.4 Å². The molecule has 2 saturated heterocycles. The zero-order chi connectivity index (χ0) is 23.0. The maximum absolute atomic E-state index is 12.8. The van der Waals surface area contributed by atoms with Crippen LogP contribution in [0.4, 0.5) is 4.79 Å². The molecule has 0 aromatic heterocycles. The van der Waals surface area contributed by atoms with Gasteiger partial charge in [-0.1, -0.05) is 52.4 Å². The summed E-state index contributed by atoms with van der Waals surface area (Å²) in [6.45, 7) is 5.08. The van der Waals surface area contributed by atoms with Crippen molar-refractivity contribution in [2.75, 3.05) is 39.2 Å². The molecule has 1 saturated carbocycles. The number of cyclic esters (lactones) is 1. The molecule has 0 aromatic carbocycles. The molecule has 10 heteroatoms. The summed E-state index contributed by atoms with van der Waals surface area (Å²) in [5.74, 6) is -1.43. The van der Waals surface area contributed by atoms with Gasteiger partial charge in [0.25, 0.3) is 5.91 Å². The molecule has 9 nitrogen and oxygen atoms in total. The van der Waals surface area contributed by atoms with E-state index in [1.54, 1.807) is 13.8 Å². The lowest BCUT2D eigenvalue weighted by Crippen LogP contribution is -2.51. The van der Waals surface area contributed by atoms with E-state index in [0.29, 0.717) is 26.3 Å². The van der Waals surface area contributed by atoms with Crippen LogP contribution in [0.15, 0.2) is 0 Å². The molecule has 0 bridgehead atoms. The smallest absolute Gasteiger partial charge is 0.417 e. The van der Waals surface area contributed by atoms with E-state index in [0.717, 1.165) is 11.2 Å². The zero-order valence-corrected chi connectivity index (χ0v) is 19.7. The van der Waals surface area contributed by atoms with E-state index in [-0.39, 0.29) is 12.5 Å². The first-order chi connectivity index (χ1) is 14.6. The maximum Gasteiger partial charge on any atom is 0.417 e. The first kappa shape index (κ1) is 25.6. The van der Waals surface area contributed by atoms with Crippen molar-refractivity contribution in [3.8, 4) is 0 Å². The standard InChI is InChI=1S/C15H24N2O7S.C6H12/c1-10(2)11-9-24-15(20)17(11)14(19)12(25(3,21)22)8-13(18)16-4-6-23-7-5-16;1-2-4-6-5-3-1/h10-12H,4-9H2,1-3H3;1-6H2. The number of hydrogen-bond acceptors (Lipinski definition) is 7. The minimum atomic E-state index is -3.89. The van der Waals surface area contributed by atoms with Crippen molar-refractivity contribution >= 4 is 27.7 Å². The molecule has 1 aliphatic carbocycles. The highest BCUT2D eigenvalue weighted by atomic mass is 32.2. The highest BCUT2D eigenvalue weighted by molar-refractivity contribution is 7.92. The third kappa shape index (κ3) is 7.45. The number of carbonyl (C=O) groups is 3. The fourth-order valence-corrected chi connectivity index (χ4v) is 4.84. The van der Waals surface area contributed by atoms with Crippen LogP contribution in [0.2, 0.25) is 0 Å². The summed E-state index contributed by atoms with van der Waals surface area (Å²) in [4.78, 5) is 39.4. The average Bonchev–Trinajstić information content (AvgIpc) is 3.14. The first-order valence-corrected chi connectivity index (χ1v) is 13.1. The summed E-state index contributed by atoms with van der Waals surface area (Å²) < 4.78 is 34.3. The Hall–Kier alpha value is -1.68. The normalized spacial score (nSPS) is 23.1. The van der Waals surface area contributed by atoms with E-state index in [9.17, 15) is 22.8 Å². The summed E-state index contributed by atoms with van der Waals surface area (Å²) in [7, 11) is -3.89. The molecule has 3 rings (SSSR count).